The maximum Gasteiger partial charge on any atom is 0.247 e. The highest BCUT2D eigenvalue weighted by Crippen LogP contribution is 2.26. The van der Waals surface area contributed by atoms with E-state index in [1.54, 1.807) is 12.0 Å². The first-order valence-corrected chi connectivity index (χ1v) is 9.47. The highest BCUT2D eigenvalue weighted by molar-refractivity contribution is 5.97. The summed E-state index contributed by atoms with van der Waals surface area (Å²) in [6, 6.07) is 15.2. The largest absolute Gasteiger partial charge is 0.497 e. The SMILES string of the molecule is CCCC(=O)N1CCC[C@H]1C(=O)Nc1ccc(-c2cccc(OC)c2)cc1. The average molecular weight is 366 g/mol. The van der Waals surface area contributed by atoms with Gasteiger partial charge in [0.05, 0.1) is 7.11 Å². The lowest BCUT2D eigenvalue weighted by Gasteiger charge is -2.24. The Morgan fingerprint density at radius 2 is 1.93 bits per heavy atom. The molecule has 0 unspecified atom stereocenters. The molecule has 1 fully saturated rings. The molecule has 2 amide bonds. The molecule has 0 aliphatic carbocycles. The second-order valence-electron chi connectivity index (χ2n) is 6.79. The van der Waals surface area contributed by atoms with Crippen molar-refractivity contribution in [1.82, 2.24) is 4.90 Å². The molecule has 1 saturated heterocycles. The standard InChI is InChI=1S/C22H26N2O3/c1-3-6-21(25)24-14-5-9-20(24)22(26)23-18-12-10-16(11-13-18)17-7-4-8-19(15-17)27-2/h4,7-8,10-13,15,20H,3,5-6,9,14H2,1-2H3,(H,23,26)/t20-/m0/s1. The molecule has 0 spiro atoms. The summed E-state index contributed by atoms with van der Waals surface area (Å²) in [4.78, 5) is 26.6. The van der Waals surface area contributed by atoms with E-state index in [-0.39, 0.29) is 17.9 Å². The quantitative estimate of drug-likeness (QED) is 0.838. The van der Waals surface area contributed by atoms with Crippen LogP contribution in [0.2, 0.25) is 0 Å². The zero-order valence-electron chi connectivity index (χ0n) is 15.9. The molecule has 1 N–H and O–H groups in total. The highest BCUT2D eigenvalue weighted by Gasteiger charge is 2.33. The maximum atomic E-state index is 12.7. The van der Waals surface area contributed by atoms with Crippen molar-refractivity contribution in [1.29, 1.82) is 0 Å². The number of carbonyl (C=O) groups excluding carboxylic acids is 2. The minimum atomic E-state index is -0.359. The fourth-order valence-corrected chi connectivity index (χ4v) is 3.47. The van der Waals surface area contributed by atoms with E-state index in [1.807, 2.05) is 55.5 Å². The third-order valence-corrected chi connectivity index (χ3v) is 4.90. The normalized spacial score (nSPS) is 16.2. The number of hydrogen-bond acceptors (Lipinski definition) is 3. The number of amides is 2. The lowest BCUT2D eigenvalue weighted by molar-refractivity contribution is -0.136. The molecule has 3 rings (SSSR count). The first kappa shape index (κ1) is 19.0. The first-order valence-electron chi connectivity index (χ1n) is 9.47. The molecule has 0 saturated carbocycles. The molecule has 1 heterocycles. The van der Waals surface area contributed by atoms with Crippen molar-refractivity contribution in [2.45, 2.75) is 38.6 Å². The molecule has 0 aromatic heterocycles. The molecule has 0 radical (unpaired) electrons. The van der Waals surface area contributed by atoms with Crippen LogP contribution in [0.15, 0.2) is 48.5 Å². The second-order valence-corrected chi connectivity index (χ2v) is 6.79. The molecule has 142 valence electrons. The molecule has 2 aromatic rings. The summed E-state index contributed by atoms with van der Waals surface area (Å²) in [5.74, 6) is 0.776. The number of methoxy groups -OCH3 is 1. The maximum absolute atomic E-state index is 12.7. The van der Waals surface area contributed by atoms with Gasteiger partial charge in [-0.1, -0.05) is 31.2 Å². The topological polar surface area (TPSA) is 58.6 Å². The predicted octanol–water partition coefficient (Wildman–Crippen LogP) is 4.09. The summed E-state index contributed by atoms with van der Waals surface area (Å²) >= 11 is 0. The number of benzene rings is 2. The van der Waals surface area contributed by atoms with Crippen molar-refractivity contribution in [3.8, 4) is 16.9 Å². The van der Waals surface area contributed by atoms with Crippen molar-refractivity contribution in [2.24, 2.45) is 0 Å². The van der Waals surface area contributed by atoms with E-state index in [0.29, 0.717) is 13.0 Å². The molecular weight excluding hydrogens is 340 g/mol. The Kier molecular flexibility index (Phi) is 6.12. The van der Waals surface area contributed by atoms with Crippen LogP contribution >= 0.6 is 0 Å². The summed E-state index contributed by atoms with van der Waals surface area (Å²) in [6.45, 7) is 2.65. The van der Waals surface area contributed by atoms with Crippen LogP contribution in [0.1, 0.15) is 32.6 Å². The number of anilines is 1. The van der Waals surface area contributed by atoms with E-state index in [9.17, 15) is 9.59 Å². The second kappa shape index (κ2) is 8.71. The van der Waals surface area contributed by atoms with E-state index in [1.165, 1.54) is 0 Å². The van der Waals surface area contributed by atoms with E-state index < -0.39 is 0 Å². The first-order chi connectivity index (χ1) is 13.1. The Balaban J connectivity index is 1.67. The Morgan fingerprint density at radius 3 is 2.63 bits per heavy atom. The monoisotopic (exact) mass is 366 g/mol. The number of likely N-dealkylation sites (tertiary alicyclic amines) is 1. The number of hydrogen-bond donors (Lipinski definition) is 1. The number of nitrogens with one attached hydrogen (secondary N) is 1. The predicted molar refractivity (Wildman–Crippen MR) is 107 cm³/mol. The summed E-state index contributed by atoms with van der Waals surface area (Å²) in [5, 5.41) is 2.95. The van der Waals surface area contributed by atoms with Gasteiger partial charge >= 0.3 is 0 Å². The van der Waals surface area contributed by atoms with Gasteiger partial charge in [0.2, 0.25) is 11.8 Å². The third-order valence-electron chi connectivity index (χ3n) is 4.90. The number of nitrogens with zero attached hydrogens (tertiary/aromatic N) is 1. The van der Waals surface area contributed by atoms with Gasteiger partial charge < -0.3 is 15.0 Å². The molecule has 5 nitrogen and oxygen atoms in total. The van der Waals surface area contributed by atoms with Crippen LogP contribution in [0.25, 0.3) is 11.1 Å². The van der Waals surface area contributed by atoms with Crippen LogP contribution in [0.5, 0.6) is 5.75 Å². The summed E-state index contributed by atoms with van der Waals surface area (Å²) < 4.78 is 5.27. The summed E-state index contributed by atoms with van der Waals surface area (Å²) in [5.41, 5.74) is 2.84. The van der Waals surface area contributed by atoms with Crippen LogP contribution in [-0.2, 0) is 9.59 Å². The van der Waals surface area contributed by atoms with Gasteiger partial charge in [-0.05, 0) is 54.7 Å². The lowest BCUT2D eigenvalue weighted by Crippen LogP contribution is -2.43. The van der Waals surface area contributed by atoms with E-state index in [2.05, 4.69) is 5.32 Å². The van der Waals surface area contributed by atoms with E-state index >= 15 is 0 Å². The molecule has 1 atom stereocenters. The van der Waals surface area contributed by atoms with Crippen LogP contribution in [0.4, 0.5) is 5.69 Å². The smallest absolute Gasteiger partial charge is 0.247 e. The number of carbonyl (C=O) groups is 2. The summed E-state index contributed by atoms with van der Waals surface area (Å²) in [7, 11) is 1.65. The molecule has 27 heavy (non-hydrogen) atoms. The van der Waals surface area contributed by atoms with Gasteiger partial charge in [-0.25, -0.2) is 0 Å². The van der Waals surface area contributed by atoms with Crippen molar-refractivity contribution in [3.05, 3.63) is 48.5 Å². The fourth-order valence-electron chi connectivity index (χ4n) is 3.47. The highest BCUT2D eigenvalue weighted by atomic mass is 16.5. The Bertz CT molecular complexity index is 801. The van der Waals surface area contributed by atoms with Gasteiger partial charge in [-0.2, -0.15) is 0 Å². The van der Waals surface area contributed by atoms with Crippen molar-refractivity contribution in [3.63, 3.8) is 0 Å². The molecule has 1 aliphatic heterocycles. The van der Waals surface area contributed by atoms with Crippen LogP contribution in [0, 0.1) is 0 Å². The average Bonchev–Trinajstić information content (AvgIpc) is 3.19. The number of ether oxygens (including phenoxy) is 1. The van der Waals surface area contributed by atoms with Crippen molar-refractivity contribution in [2.75, 3.05) is 19.0 Å². The molecule has 5 heteroatoms. The van der Waals surface area contributed by atoms with Gasteiger partial charge in [0.1, 0.15) is 11.8 Å². The Hall–Kier alpha value is -2.82. The van der Waals surface area contributed by atoms with Gasteiger partial charge in [-0.3, -0.25) is 9.59 Å². The van der Waals surface area contributed by atoms with Gasteiger partial charge in [0, 0.05) is 18.7 Å². The van der Waals surface area contributed by atoms with Crippen molar-refractivity contribution >= 4 is 17.5 Å². The van der Waals surface area contributed by atoms with E-state index in [0.717, 1.165) is 41.8 Å². The Morgan fingerprint density at radius 1 is 1.15 bits per heavy atom. The molecule has 2 aromatic carbocycles. The lowest BCUT2D eigenvalue weighted by atomic mass is 10.0. The molecular formula is C22H26N2O3. The third kappa shape index (κ3) is 4.48. The van der Waals surface area contributed by atoms with Gasteiger partial charge in [-0.15, -0.1) is 0 Å². The molecule has 1 aliphatic rings. The minimum Gasteiger partial charge on any atom is -0.497 e. The van der Waals surface area contributed by atoms with E-state index in [4.69, 9.17) is 4.74 Å². The fraction of sp³-hybridized carbons (Fsp3) is 0.364. The number of rotatable bonds is 6. The zero-order valence-corrected chi connectivity index (χ0v) is 15.9. The van der Waals surface area contributed by atoms with Crippen LogP contribution in [-0.4, -0.2) is 36.4 Å². The zero-order chi connectivity index (χ0) is 19.2. The van der Waals surface area contributed by atoms with Crippen LogP contribution in [0.3, 0.4) is 0 Å². The van der Waals surface area contributed by atoms with Crippen LogP contribution < -0.4 is 10.1 Å². The van der Waals surface area contributed by atoms with Gasteiger partial charge in [0.15, 0.2) is 0 Å². The van der Waals surface area contributed by atoms with Crippen molar-refractivity contribution < 1.29 is 14.3 Å². The van der Waals surface area contributed by atoms with Gasteiger partial charge in [0.25, 0.3) is 0 Å². The minimum absolute atomic E-state index is 0.0727. The molecule has 0 bridgehead atoms. The summed E-state index contributed by atoms with van der Waals surface area (Å²) in [6.07, 6.45) is 2.90. The Labute approximate surface area is 160 Å².